The molecule has 1 aromatic heterocycles. The number of amides is 2. The van der Waals surface area contributed by atoms with Crippen LogP contribution in [-0.2, 0) is 41.5 Å². The molecule has 3 rings (SSSR count). The number of phenolic OH excluding ortho intramolecular Hbond substituents is 1. The number of rotatable bonds is 21. The Hall–Kier alpha value is -5.61. The SMILES string of the molecule is COC(=O)[C@H](NC(=O)CCCOc1cc2oc3cc(OCCCC(=O)N[C@@H](C(=O)OC)C(C)O)c(OC)c(CC=C(C)C)c3c(=O)c2c(O)c1CC=C(C)C)C(C)O. The number of esters is 2. The summed E-state index contributed by atoms with van der Waals surface area (Å²) in [6.45, 7) is 10.4. The number of benzene rings is 2. The first kappa shape index (κ1) is 46.8. The van der Waals surface area contributed by atoms with E-state index < -0.39 is 53.5 Å². The molecule has 0 bridgehead atoms. The Bertz CT molecular complexity index is 2070. The lowest BCUT2D eigenvalue weighted by Crippen LogP contribution is -2.48. The maximum atomic E-state index is 14.5. The summed E-state index contributed by atoms with van der Waals surface area (Å²) in [5.41, 5.74) is 2.37. The molecule has 16 heteroatoms. The van der Waals surface area contributed by atoms with E-state index in [1.54, 1.807) is 0 Å². The van der Waals surface area contributed by atoms with E-state index in [-0.39, 0.29) is 96.7 Å². The number of hydrogen-bond donors (Lipinski definition) is 5. The van der Waals surface area contributed by atoms with Gasteiger partial charge in [0.2, 0.25) is 17.2 Å². The fourth-order valence-electron chi connectivity index (χ4n) is 6.00. The molecule has 2 unspecified atom stereocenters. The number of carbonyl (C=O) groups excluding carboxylic acids is 4. The summed E-state index contributed by atoms with van der Waals surface area (Å²) < 4.78 is 33.6. The van der Waals surface area contributed by atoms with Crippen molar-refractivity contribution in [2.75, 3.05) is 34.5 Å². The smallest absolute Gasteiger partial charge is 0.331 e. The van der Waals surface area contributed by atoms with Crippen LogP contribution in [0.1, 0.15) is 78.4 Å². The molecule has 4 atom stereocenters. The number of aromatic hydroxyl groups is 1. The van der Waals surface area contributed by atoms with Gasteiger partial charge in [-0.05, 0) is 67.2 Å². The summed E-state index contributed by atoms with van der Waals surface area (Å²) in [5, 5.41) is 36.5. The van der Waals surface area contributed by atoms with Gasteiger partial charge < -0.3 is 54.1 Å². The zero-order chi connectivity index (χ0) is 43.3. The zero-order valence-corrected chi connectivity index (χ0v) is 34.6. The molecule has 58 heavy (non-hydrogen) atoms. The highest BCUT2D eigenvalue weighted by molar-refractivity contribution is 5.98. The van der Waals surface area contributed by atoms with Crippen molar-refractivity contribution in [2.45, 2.75) is 104 Å². The van der Waals surface area contributed by atoms with E-state index in [9.17, 15) is 39.3 Å². The summed E-state index contributed by atoms with van der Waals surface area (Å²) in [6, 6.07) is 0.564. The lowest BCUT2D eigenvalue weighted by atomic mass is 9.98. The fraction of sp³-hybridized carbons (Fsp3) is 0.500. The second-order valence-corrected chi connectivity index (χ2v) is 14.3. The van der Waals surface area contributed by atoms with Crippen molar-refractivity contribution >= 4 is 45.7 Å². The third kappa shape index (κ3) is 12.2. The topological polar surface area (TPSA) is 229 Å². The Morgan fingerprint density at radius 3 is 1.62 bits per heavy atom. The molecule has 1 heterocycles. The number of allylic oxidation sites excluding steroid dienone is 4. The molecule has 0 spiro atoms. The van der Waals surface area contributed by atoms with Crippen LogP contribution in [0.4, 0.5) is 0 Å². The van der Waals surface area contributed by atoms with Gasteiger partial charge in [-0.15, -0.1) is 0 Å². The molecule has 318 valence electrons. The molecular formula is C42H56N2O14. The van der Waals surface area contributed by atoms with Crippen molar-refractivity contribution in [3.63, 3.8) is 0 Å². The van der Waals surface area contributed by atoms with Crippen LogP contribution in [0.15, 0.2) is 44.6 Å². The van der Waals surface area contributed by atoms with E-state index in [0.29, 0.717) is 11.1 Å². The first-order valence-corrected chi connectivity index (χ1v) is 18.9. The summed E-state index contributed by atoms with van der Waals surface area (Å²) in [4.78, 5) is 63.5. The number of methoxy groups -OCH3 is 3. The molecule has 0 aliphatic heterocycles. The zero-order valence-electron chi connectivity index (χ0n) is 34.6. The number of hydrogen-bond acceptors (Lipinski definition) is 14. The molecule has 3 aromatic rings. The predicted molar refractivity (Wildman–Crippen MR) is 215 cm³/mol. The quantitative estimate of drug-likeness (QED) is 0.0442. The van der Waals surface area contributed by atoms with Crippen LogP contribution < -0.4 is 30.3 Å². The van der Waals surface area contributed by atoms with Crippen LogP contribution in [0, 0.1) is 0 Å². The van der Waals surface area contributed by atoms with Crippen molar-refractivity contribution in [2.24, 2.45) is 0 Å². The molecule has 2 amide bonds. The molecular weight excluding hydrogens is 756 g/mol. The van der Waals surface area contributed by atoms with Crippen LogP contribution >= 0.6 is 0 Å². The molecule has 2 aromatic carbocycles. The highest BCUT2D eigenvalue weighted by Crippen LogP contribution is 2.42. The van der Waals surface area contributed by atoms with Gasteiger partial charge in [0.1, 0.15) is 28.1 Å². The highest BCUT2D eigenvalue weighted by atomic mass is 16.5. The van der Waals surface area contributed by atoms with Gasteiger partial charge in [-0.25, -0.2) is 9.59 Å². The third-order valence-electron chi connectivity index (χ3n) is 9.06. The van der Waals surface area contributed by atoms with E-state index in [0.717, 1.165) is 25.4 Å². The number of carbonyl (C=O) groups is 4. The van der Waals surface area contributed by atoms with Gasteiger partial charge in [0.15, 0.2) is 23.6 Å². The van der Waals surface area contributed by atoms with E-state index in [4.69, 9.17) is 18.6 Å². The van der Waals surface area contributed by atoms with Gasteiger partial charge in [0.25, 0.3) is 0 Å². The molecule has 0 aliphatic carbocycles. The third-order valence-corrected chi connectivity index (χ3v) is 9.06. The van der Waals surface area contributed by atoms with Gasteiger partial charge in [-0.2, -0.15) is 0 Å². The minimum absolute atomic E-state index is 0.0119. The summed E-state index contributed by atoms with van der Waals surface area (Å²) in [5.74, 6) is -2.17. The van der Waals surface area contributed by atoms with Crippen molar-refractivity contribution in [1.82, 2.24) is 10.6 Å². The Morgan fingerprint density at radius 2 is 1.17 bits per heavy atom. The number of aliphatic hydroxyl groups excluding tert-OH is 2. The van der Waals surface area contributed by atoms with Crippen molar-refractivity contribution in [3.05, 3.63) is 56.8 Å². The number of aliphatic hydroxyl groups is 2. The second-order valence-electron chi connectivity index (χ2n) is 14.3. The molecule has 0 saturated heterocycles. The predicted octanol–water partition coefficient (Wildman–Crippen LogP) is 4.07. The molecule has 0 aliphatic rings. The van der Waals surface area contributed by atoms with Crippen molar-refractivity contribution in [1.29, 1.82) is 0 Å². The Balaban J connectivity index is 2.03. The Kier molecular flexibility index (Phi) is 17.6. The number of phenols is 1. The van der Waals surface area contributed by atoms with Crippen LogP contribution in [0.25, 0.3) is 21.9 Å². The van der Waals surface area contributed by atoms with Crippen LogP contribution in [0.5, 0.6) is 23.0 Å². The average Bonchev–Trinajstić information content (AvgIpc) is 3.16. The van der Waals surface area contributed by atoms with Crippen LogP contribution in [0.3, 0.4) is 0 Å². The van der Waals surface area contributed by atoms with E-state index in [1.165, 1.54) is 33.1 Å². The summed E-state index contributed by atoms with van der Waals surface area (Å²) in [7, 11) is 3.75. The lowest BCUT2D eigenvalue weighted by molar-refractivity contribution is -0.148. The van der Waals surface area contributed by atoms with Crippen molar-refractivity contribution in [3.8, 4) is 23.0 Å². The highest BCUT2D eigenvalue weighted by Gasteiger charge is 2.28. The Labute approximate surface area is 337 Å². The van der Waals surface area contributed by atoms with Gasteiger partial charge in [0.05, 0.1) is 52.1 Å². The Morgan fingerprint density at radius 1 is 0.724 bits per heavy atom. The van der Waals surface area contributed by atoms with Crippen LogP contribution in [0.2, 0.25) is 0 Å². The van der Waals surface area contributed by atoms with Gasteiger partial charge in [0, 0.05) is 36.1 Å². The van der Waals surface area contributed by atoms with E-state index in [1.807, 2.05) is 39.8 Å². The molecule has 0 saturated carbocycles. The van der Waals surface area contributed by atoms with E-state index >= 15 is 0 Å². The average molecular weight is 813 g/mol. The number of fused-ring (bicyclic) bond motifs is 2. The van der Waals surface area contributed by atoms with Gasteiger partial charge >= 0.3 is 11.9 Å². The summed E-state index contributed by atoms with van der Waals surface area (Å²) >= 11 is 0. The first-order chi connectivity index (χ1) is 27.4. The second kappa shape index (κ2) is 21.8. The standard InChI is InChI=1S/C42H56N2O14/c1-22(2)14-16-26-28(56-18-10-12-32(47)43-36(24(5)45)41(51)54-8)20-30-35(38(26)49)39(50)34-27(17-15-23(3)4)40(53-7)31(21-29(34)58-30)57-19-11-13-33(48)44-37(25(6)46)42(52)55-9/h14-15,20-21,24-25,36-37,45-46,49H,10-13,16-19H2,1-9H3,(H,43,47)(H,44,48)/t24?,25?,36-,37-/m1/s1. The number of nitrogens with one attached hydrogen (secondary N) is 2. The maximum absolute atomic E-state index is 14.5. The molecule has 0 radical (unpaired) electrons. The van der Waals surface area contributed by atoms with E-state index in [2.05, 4.69) is 20.1 Å². The largest absolute Gasteiger partial charge is 0.507 e. The van der Waals surface area contributed by atoms with Gasteiger partial charge in [-0.1, -0.05) is 23.3 Å². The number of ether oxygens (including phenoxy) is 5. The fourth-order valence-corrected chi connectivity index (χ4v) is 6.00. The lowest BCUT2D eigenvalue weighted by Gasteiger charge is -2.19. The normalized spacial score (nSPS) is 13.1. The van der Waals surface area contributed by atoms with Crippen molar-refractivity contribution < 1.29 is 62.6 Å². The van der Waals surface area contributed by atoms with Crippen LogP contribution in [-0.4, -0.2) is 97.9 Å². The minimum Gasteiger partial charge on any atom is -0.507 e. The van der Waals surface area contributed by atoms with Gasteiger partial charge in [-0.3, -0.25) is 14.4 Å². The first-order valence-electron chi connectivity index (χ1n) is 18.9. The molecule has 5 N–H and O–H groups in total. The maximum Gasteiger partial charge on any atom is 0.331 e. The summed E-state index contributed by atoms with van der Waals surface area (Å²) in [6.07, 6.45) is 2.22. The minimum atomic E-state index is -1.23. The monoisotopic (exact) mass is 812 g/mol. The molecule has 0 fully saturated rings. The molecule has 16 nitrogen and oxygen atoms in total.